The second-order valence-corrected chi connectivity index (χ2v) is 4.78. The third-order valence-corrected chi connectivity index (χ3v) is 3.53. The molecule has 0 saturated carbocycles. The van der Waals surface area contributed by atoms with Crippen LogP contribution in [0.2, 0.25) is 5.02 Å². The van der Waals surface area contributed by atoms with Gasteiger partial charge in [-0.05, 0) is 31.0 Å². The van der Waals surface area contributed by atoms with Crippen molar-refractivity contribution in [2.45, 2.75) is 37.9 Å². The Hall–Kier alpha value is -0.600. The van der Waals surface area contributed by atoms with Gasteiger partial charge in [-0.25, -0.2) is 4.39 Å². The SMILES string of the molecule is FC(Cc1ccccc1Cl)C1CCCCN1. The van der Waals surface area contributed by atoms with E-state index in [-0.39, 0.29) is 6.04 Å². The number of rotatable bonds is 3. The summed E-state index contributed by atoms with van der Waals surface area (Å²) in [6, 6.07) is 7.50. The maximum absolute atomic E-state index is 14.0. The molecule has 0 aromatic heterocycles. The van der Waals surface area contributed by atoms with Crippen LogP contribution in [0.4, 0.5) is 4.39 Å². The molecule has 16 heavy (non-hydrogen) atoms. The molecule has 1 saturated heterocycles. The molecule has 1 aliphatic heterocycles. The normalized spacial score (nSPS) is 23.0. The summed E-state index contributed by atoms with van der Waals surface area (Å²) in [6.45, 7) is 0.938. The molecule has 0 aliphatic carbocycles. The van der Waals surface area contributed by atoms with E-state index >= 15 is 0 Å². The van der Waals surface area contributed by atoms with Gasteiger partial charge in [0.15, 0.2) is 0 Å². The van der Waals surface area contributed by atoms with Crippen LogP contribution in [0.1, 0.15) is 24.8 Å². The summed E-state index contributed by atoms with van der Waals surface area (Å²) in [4.78, 5) is 0. The Bertz CT molecular complexity index is 336. The zero-order valence-corrected chi connectivity index (χ0v) is 10.0. The summed E-state index contributed by atoms with van der Waals surface area (Å²) in [7, 11) is 0. The predicted molar refractivity (Wildman–Crippen MR) is 65.7 cm³/mol. The zero-order valence-electron chi connectivity index (χ0n) is 9.26. The van der Waals surface area contributed by atoms with E-state index in [0.29, 0.717) is 11.4 Å². The van der Waals surface area contributed by atoms with Crippen LogP contribution in [0.3, 0.4) is 0 Å². The number of hydrogen-bond acceptors (Lipinski definition) is 1. The van der Waals surface area contributed by atoms with Crippen molar-refractivity contribution >= 4 is 11.6 Å². The van der Waals surface area contributed by atoms with Gasteiger partial charge < -0.3 is 5.32 Å². The Morgan fingerprint density at radius 3 is 2.88 bits per heavy atom. The minimum Gasteiger partial charge on any atom is -0.311 e. The van der Waals surface area contributed by atoms with E-state index in [1.54, 1.807) is 0 Å². The van der Waals surface area contributed by atoms with Gasteiger partial charge in [0.1, 0.15) is 6.17 Å². The van der Waals surface area contributed by atoms with Crippen LogP contribution >= 0.6 is 11.6 Å². The van der Waals surface area contributed by atoms with Crippen LogP contribution < -0.4 is 5.32 Å². The largest absolute Gasteiger partial charge is 0.311 e. The lowest BCUT2D eigenvalue weighted by atomic mass is 9.96. The molecule has 0 spiro atoms. The molecular weight excluding hydrogens is 225 g/mol. The number of piperidine rings is 1. The van der Waals surface area contributed by atoms with E-state index in [4.69, 9.17) is 11.6 Å². The lowest BCUT2D eigenvalue weighted by molar-refractivity contribution is 0.217. The van der Waals surface area contributed by atoms with Gasteiger partial charge in [-0.2, -0.15) is 0 Å². The van der Waals surface area contributed by atoms with E-state index in [1.807, 2.05) is 24.3 Å². The highest BCUT2D eigenvalue weighted by Crippen LogP contribution is 2.21. The molecule has 0 radical (unpaired) electrons. The van der Waals surface area contributed by atoms with Gasteiger partial charge in [0, 0.05) is 17.5 Å². The molecule has 1 heterocycles. The van der Waals surface area contributed by atoms with Crippen molar-refractivity contribution in [2.24, 2.45) is 0 Å². The van der Waals surface area contributed by atoms with Crippen LogP contribution in [0.5, 0.6) is 0 Å². The maximum Gasteiger partial charge on any atom is 0.119 e. The van der Waals surface area contributed by atoms with Crippen molar-refractivity contribution in [3.05, 3.63) is 34.9 Å². The minimum atomic E-state index is -0.833. The van der Waals surface area contributed by atoms with Crippen molar-refractivity contribution < 1.29 is 4.39 Å². The summed E-state index contributed by atoms with van der Waals surface area (Å²) in [5, 5.41) is 3.91. The Kier molecular flexibility index (Phi) is 4.19. The highest BCUT2D eigenvalue weighted by molar-refractivity contribution is 6.31. The van der Waals surface area contributed by atoms with E-state index in [0.717, 1.165) is 31.4 Å². The predicted octanol–water partition coefficient (Wildman–Crippen LogP) is 3.36. The lowest BCUT2D eigenvalue weighted by Gasteiger charge is -2.26. The number of hydrogen-bond donors (Lipinski definition) is 1. The second-order valence-electron chi connectivity index (χ2n) is 4.37. The van der Waals surface area contributed by atoms with Crippen LogP contribution in [-0.4, -0.2) is 18.8 Å². The highest BCUT2D eigenvalue weighted by Gasteiger charge is 2.23. The second kappa shape index (κ2) is 5.65. The van der Waals surface area contributed by atoms with Crippen molar-refractivity contribution in [1.29, 1.82) is 0 Å². The average molecular weight is 242 g/mol. The molecule has 1 N–H and O–H groups in total. The van der Waals surface area contributed by atoms with E-state index < -0.39 is 6.17 Å². The fourth-order valence-electron chi connectivity index (χ4n) is 2.20. The van der Waals surface area contributed by atoms with E-state index in [2.05, 4.69) is 5.32 Å². The Labute approximate surface area is 101 Å². The third-order valence-electron chi connectivity index (χ3n) is 3.16. The number of alkyl halides is 1. The van der Waals surface area contributed by atoms with Crippen molar-refractivity contribution in [3.8, 4) is 0 Å². The monoisotopic (exact) mass is 241 g/mol. The standard InChI is InChI=1S/C13H17ClFN/c14-11-6-2-1-5-10(11)9-12(15)13-7-3-4-8-16-13/h1-2,5-6,12-13,16H,3-4,7-9H2. The Morgan fingerprint density at radius 2 is 2.19 bits per heavy atom. The third kappa shape index (κ3) is 2.96. The first-order valence-corrected chi connectivity index (χ1v) is 6.26. The number of nitrogens with one attached hydrogen (secondary N) is 1. The molecular formula is C13H17ClFN. The summed E-state index contributed by atoms with van der Waals surface area (Å²) >= 11 is 6.02. The molecule has 2 rings (SSSR count). The van der Waals surface area contributed by atoms with Gasteiger partial charge in [0.25, 0.3) is 0 Å². The van der Waals surface area contributed by atoms with Crippen LogP contribution in [0.25, 0.3) is 0 Å². The topological polar surface area (TPSA) is 12.0 Å². The molecule has 1 aliphatic rings. The fourth-order valence-corrected chi connectivity index (χ4v) is 2.42. The van der Waals surface area contributed by atoms with E-state index in [9.17, 15) is 4.39 Å². The highest BCUT2D eigenvalue weighted by atomic mass is 35.5. The molecule has 1 aromatic rings. The van der Waals surface area contributed by atoms with Gasteiger partial charge in [-0.15, -0.1) is 0 Å². The molecule has 1 nitrogen and oxygen atoms in total. The van der Waals surface area contributed by atoms with Gasteiger partial charge in [0.2, 0.25) is 0 Å². The average Bonchev–Trinajstić information content (AvgIpc) is 2.33. The van der Waals surface area contributed by atoms with E-state index in [1.165, 1.54) is 0 Å². The molecule has 2 atom stereocenters. The first-order chi connectivity index (χ1) is 7.77. The first-order valence-electron chi connectivity index (χ1n) is 5.88. The first kappa shape index (κ1) is 11.9. The lowest BCUT2D eigenvalue weighted by Crippen LogP contribution is -2.42. The summed E-state index contributed by atoms with van der Waals surface area (Å²) in [6.07, 6.45) is 2.80. The van der Waals surface area contributed by atoms with Gasteiger partial charge in [-0.1, -0.05) is 36.2 Å². The van der Waals surface area contributed by atoms with Crippen LogP contribution in [-0.2, 0) is 6.42 Å². The summed E-state index contributed by atoms with van der Waals surface area (Å²) in [5.41, 5.74) is 0.907. The van der Waals surface area contributed by atoms with Gasteiger partial charge >= 0.3 is 0 Å². The molecule has 0 bridgehead atoms. The smallest absolute Gasteiger partial charge is 0.119 e. The molecule has 2 unspecified atom stereocenters. The van der Waals surface area contributed by atoms with Gasteiger partial charge in [0.05, 0.1) is 0 Å². The minimum absolute atomic E-state index is 0.00465. The zero-order chi connectivity index (χ0) is 11.4. The Balaban J connectivity index is 1.96. The number of benzene rings is 1. The Morgan fingerprint density at radius 1 is 1.38 bits per heavy atom. The molecule has 1 fully saturated rings. The fraction of sp³-hybridized carbons (Fsp3) is 0.538. The summed E-state index contributed by atoms with van der Waals surface area (Å²) < 4.78 is 14.0. The van der Waals surface area contributed by atoms with Crippen LogP contribution in [0.15, 0.2) is 24.3 Å². The molecule has 1 aromatic carbocycles. The summed E-state index contributed by atoms with van der Waals surface area (Å²) in [5.74, 6) is 0. The van der Waals surface area contributed by atoms with Gasteiger partial charge in [-0.3, -0.25) is 0 Å². The molecule has 88 valence electrons. The number of halogens is 2. The maximum atomic E-state index is 14.0. The molecule has 0 amide bonds. The van der Waals surface area contributed by atoms with Crippen LogP contribution in [0, 0.1) is 0 Å². The van der Waals surface area contributed by atoms with Crippen molar-refractivity contribution in [2.75, 3.05) is 6.54 Å². The van der Waals surface area contributed by atoms with Crippen molar-refractivity contribution in [3.63, 3.8) is 0 Å². The van der Waals surface area contributed by atoms with Crippen molar-refractivity contribution in [1.82, 2.24) is 5.32 Å². The quantitative estimate of drug-likeness (QED) is 0.856. The molecule has 3 heteroatoms.